The first-order valence-corrected chi connectivity index (χ1v) is 12.9. The van der Waals surface area contributed by atoms with Gasteiger partial charge in [0.25, 0.3) is 0 Å². The van der Waals surface area contributed by atoms with Crippen LogP contribution >= 0.6 is 0 Å². The fourth-order valence-electron chi connectivity index (χ4n) is 4.59. The number of ether oxygens (including phenoxy) is 1. The number of sulfone groups is 1. The van der Waals surface area contributed by atoms with Crippen molar-refractivity contribution in [3.8, 4) is 5.75 Å². The number of piperidine rings is 1. The van der Waals surface area contributed by atoms with Crippen LogP contribution in [0.2, 0.25) is 0 Å². The Kier molecular flexibility index (Phi) is 6.76. The first-order chi connectivity index (χ1) is 14.5. The van der Waals surface area contributed by atoms with E-state index in [4.69, 9.17) is 4.74 Å². The standard InChI is InChI=1S/C24H32N2O3S/c1-30(27,28)21-13-14-23(29-20-10-5-6-11-20)19(16-21)17-26-22-12-7-15-25-24(22)18-8-3-2-4-9-18/h2-4,8-9,13-14,16,20,22,24-26H,5-7,10-12,15,17H2,1H3. The van der Waals surface area contributed by atoms with Gasteiger partial charge in [0.05, 0.1) is 11.0 Å². The molecule has 0 radical (unpaired) electrons. The molecule has 2 fully saturated rings. The van der Waals surface area contributed by atoms with Crippen LogP contribution in [-0.2, 0) is 16.4 Å². The van der Waals surface area contributed by atoms with Gasteiger partial charge in [0.15, 0.2) is 9.84 Å². The van der Waals surface area contributed by atoms with Crippen LogP contribution in [0.15, 0.2) is 53.4 Å². The molecule has 0 amide bonds. The van der Waals surface area contributed by atoms with Crippen LogP contribution in [0.4, 0.5) is 0 Å². The Balaban J connectivity index is 1.54. The van der Waals surface area contributed by atoms with Crippen LogP contribution in [0.3, 0.4) is 0 Å². The highest BCUT2D eigenvalue weighted by Crippen LogP contribution is 2.30. The molecule has 0 aromatic heterocycles. The maximum atomic E-state index is 12.1. The van der Waals surface area contributed by atoms with E-state index < -0.39 is 9.84 Å². The molecule has 30 heavy (non-hydrogen) atoms. The zero-order chi connectivity index (χ0) is 21.0. The summed E-state index contributed by atoms with van der Waals surface area (Å²) in [5.41, 5.74) is 2.20. The summed E-state index contributed by atoms with van der Waals surface area (Å²) in [6.07, 6.45) is 8.24. The molecular formula is C24H32N2O3S. The smallest absolute Gasteiger partial charge is 0.175 e. The van der Waals surface area contributed by atoms with Crippen LogP contribution < -0.4 is 15.4 Å². The summed E-state index contributed by atoms with van der Waals surface area (Å²) in [5.74, 6) is 0.807. The number of nitrogens with one attached hydrogen (secondary N) is 2. The Morgan fingerprint density at radius 1 is 1.03 bits per heavy atom. The van der Waals surface area contributed by atoms with Crippen molar-refractivity contribution in [2.75, 3.05) is 12.8 Å². The maximum absolute atomic E-state index is 12.1. The van der Waals surface area contributed by atoms with Gasteiger partial charge in [-0.25, -0.2) is 8.42 Å². The van der Waals surface area contributed by atoms with Gasteiger partial charge in [0, 0.05) is 30.4 Å². The van der Waals surface area contributed by atoms with E-state index in [2.05, 4.69) is 34.9 Å². The van der Waals surface area contributed by atoms with E-state index >= 15 is 0 Å². The molecule has 2 atom stereocenters. The minimum atomic E-state index is -3.26. The summed E-state index contributed by atoms with van der Waals surface area (Å²) in [7, 11) is -3.26. The Morgan fingerprint density at radius 3 is 2.53 bits per heavy atom. The van der Waals surface area contributed by atoms with Crippen molar-refractivity contribution < 1.29 is 13.2 Å². The quantitative estimate of drug-likeness (QED) is 0.698. The first-order valence-electron chi connectivity index (χ1n) is 11.0. The fourth-order valence-corrected chi connectivity index (χ4v) is 5.26. The van der Waals surface area contributed by atoms with Gasteiger partial charge in [-0.05, 0) is 68.8 Å². The molecular weight excluding hydrogens is 396 g/mol. The number of hydrogen-bond acceptors (Lipinski definition) is 5. The number of rotatable bonds is 7. The largest absolute Gasteiger partial charge is 0.490 e. The van der Waals surface area contributed by atoms with E-state index in [9.17, 15) is 8.42 Å². The van der Waals surface area contributed by atoms with Crippen molar-refractivity contribution in [2.24, 2.45) is 0 Å². The van der Waals surface area contributed by atoms with Gasteiger partial charge in [-0.15, -0.1) is 0 Å². The highest BCUT2D eigenvalue weighted by Gasteiger charge is 2.26. The van der Waals surface area contributed by atoms with Gasteiger partial charge in [-0.1, -0.05) is 30.3 Å². The average Bonchev–Trinajstić information content (AvgIpc) is 3.26. The lowest BCUT2D eigenvalue weighted by atomic mass is 9.92. The minimum Gasteiger partial charge on any atom is -0.490 e. The zero-order valence-electron chi connectivity index (χ0n) is 17.6. The normalized spacial score (nSPS) is 22.8. The molecule has 2 aromatic rings. The second-order valence-electron chi connectivity index (χ2n) is 8.54. The first kappa shape index (κ1) is 21.3. The van der Waals surface area contributed by atoms with Crippen LogP contribution in [-0.4, -0.2) is 33.4 Å². The van der Waals surface area contributed by atoms with E-state index in [-0.39, 0.29) is 18.2 Å². The van der Waals surface area contributed by atoms with Gasteiger partial charge in [0.2, 0.25) is 0 Å². The van der Waals surface area contributed by atoms with E-state index in [1.807, 2.05) is 12.1 Å². The maximum Gasteiger partial charge on any atom is 0.175 e. The number of benzene rings is 2. The molecule has 5 nitrogen and oxygen atoms in total. The van der Waals surface area contributed by atoms with Crippen molar-refractivity contribution in [3.63, 3.8) is 0 Å². The average molecular weight is 429 g/mol. The summed E-state index contributed by atoms with van der Waals surface area (Å²) < 4.78 is 30.5. The van der Waals surface area contributed by atoms with Crippen LogP contribution in [0.25, 0.3) is 0 Å². The molecule has 2 aromatic carbocycles. The van der Waals surface area contributed by atoms with Gasteiger partial charge < -0.3 is 15.4 Å². The summed E-state index contributed by atoms with van der Waals surface area (Å²) in [6, 6.07) is 16.3. The second kappa shape index (κ2) is 9.50. The Labute approximate surface area is 180 Å². The lowest BCUT2D eigenvalue weighted by Crippen LogP contribution is -2.45. The molecule has 1 aliphatic heterocycles. The van der Waals surface area contributed by atoms with Crippen molar-refractivity contribution in [1.29, 1.82) is 0 Å². The molecule has 1 aliphatic carbocycles. The van der Waals surface area contributed by atoms with Gasteiger partial charge in [0.1, 0.15) is 5.75 Å². The second-order valence-corrected chi connectivity index (χ2v) is 10.6. The molecule has 1 heterocycles. The van der Waals surface area contributed by atoms with Gasteiger partial charge in [-0.3, -0.25) is 0 Å². The van der Waals surface area contributed by atoms with Crippen molar-refractivity contribution in [1.82, 2.24) is 10.6 Å². The summed E-state index contributed by atoms with van der Waals surface area (Å²) >= 11 is 0. The predicted molar refractivity (Wildman–Crippen MR) is 119 cm³/mol. The van der Waals surface area contributed by atoms with E-state index in [1.165, 1.54) is 24.7 Å². The van der Waals surface area contributed by atoms with Crippen molar-refractivity contribution in [2.45, 2.75) is 68.2 Å². The highest BCUT2D eigenvalue weighted by atomic mass is 32.2. The topological polar surface area (TPSA) is 67.4 Å². The predicted octanol–water partition coefficient (Wildman–Crippen LogP) is 3.99. The molecule has 6 heteroatoms. The Hall–Kier alpha value is -1.89. The molecule has 2 aliphatic rings. The number of hydrogen-bond donors (Lipinski definition) is 2. The SMILES string of the molecule is CS(=O)(=O)c1ccc(OC2CCCC2)c(CNC2CCCNC2c2ccccc2)c1. The van der Waals surface area contributed by atoms with Crippen molar-refractivity contribution in [3.05, 3.63) is 59.7 Å². The lowest BCUT2D eigenvalue weighted by molar-refractivity contribution is 0.206. The van der Waals surface area contributed by atoms with Crippen molar-refractivity contribution >= 4 is 9.84 Å². The molecule has 162 valence electrons. The van der Waals surface area contributed by atoms with Crippen LogP contribution in [0, 0.1) is 0 Å². The van der Waals surface area contributed by atoms with Gasteiger partial charge >= 0.3 is 0 Å². The zero-order valence-corrected chi connectivity index (χ0v) is 18.5. The lowest BCUT2D eigenvalue weighted by Gasteiger charge is -2.34. The summed E-state index contributed by atoms with van der Waals surface area (Å²) in [4.78, 5) is 0.347. The highest BCUT2D eigenvalue weighted by molar-refractivity contribution is 7.90. The molecule has 1 saturated carbocycles. The van der Waals surface area contributed by atoms with E-state index in [0.29, 0.717) is 11.4 Å². The molecule has 2 unspecified atom stereocenters. The molecule has 4 rings (SSSR count). The molecule has 1 saturated heterocycles. The van der Waals surface area contributed by atoms with Crippen LogP contribution in [0.1, 0.15) is 55.7 Å². The van der Waals surface area contributed by atoms with Crippen LogP contribution in [0.5, 0.6) is 5.75 Å². The third kappa shape index (κ3) is 5.23. The van der Waals surface area contributed by atoms with Gasteiger partial charge in [-0.2, -0.15) is 0 Å². The molecule has 0 spiro atoms. The molecule has 0 bridgehead atoms. The Morgan fingerprint density at radius 2 is 1.80 bits per heavy atom. The summed E-state index contributed by atoms with van der Waals surface area (Å²) in [5, 5.41) is 7.33. The molecule has 2 N–H and O–H groups in total. The van der Waals surface area contributed by atoms with E-state index in [1.54, 1.807) is 12.1 Å². The van der Waals surface area contributed by atoms with E-state index in [0.717, 1.165) is 43.5 Å². The Bertz CT molecular complexity index is 940. The third-order valence-corrected chi connectivity index (χ3v) is 7.34. The fraction of sp³-hybridized carbons (Fsp3) is 0.500. The summed E-state index contributed by atoms with van der Waals surface area (Å²) in [6.45, 7) is 1.60. The third-order valence-electron chi connectivity index (χ3n) is 6.23. The monoisotopic (exact) mass is 428 g/mol. The minimum absolute atomic E-state index is 0.237.